The number of carbonyl (C=O) groups excluding carboxylic acids is 1. The Kier molecular flexibility index (Phi) is 7.68. The molecule has 0 saturated heterocycles. The Morgan fingerprint density at radius 3 is 2.27 bits per heavy atom. The lowest BCUT2D eigenvalue weighted by atomic mass is 10.1. The van der Waals surface area contributed by atoms with Crippen LogP contribution in [0.3, 0.4) is 0 Å². The summed E-state index contributed by atoms with van der Waals surface area (Å²) >= 11 is 0. The fourth-order valence-corrected chi connectivity index (χ4v) is 1.38. The van der Waals surface area contributed by atoms with Gasteiger partial charge >= 0.3 is 5.97 Å². The standard InChI is InChI=1S/C11H21NO3/c1-3-9-12(2)10(13)7-5-4-6-8-11(14)15/h3-9H2,1-2H3,(H,14,15). The second-order valence-electron chi connectivity index (χ2n) is 3.77. The summed E-state index contributed by atoms with van der Waals surface area (Å²) in [6.45, 7) is 2.84. The van der Waals surface area contributed by atoms with Gasteiger partial charge in [0.2, 0.25) is 5.91 Å². The van der Waals surface area contributed by atoms with Gasteiger partial charge in [-0.05, 0) is 19.3 Å². The summed E-state index contributed by atoms with van der Waals surface area (Å²) < 4.78 is 0. The average Bonchev–Trinajstić information content (AvgIpc) is 2.16. The fraction of sp³-hybridized carbons (Fsp3) is 0.818. The van der Waals surface area contributed by atoms with E-state index in [2.05, 4.69) is 0 Å². The quantitative estimate of drug-likeness (QED) is 0.629. The first-order valence-electron chi connectivity index (χ1n) is 5.53. The van der Waals surface area contributed by atoms with Crippen molar-refractivity contribution in [2.24, 2.45) is 0 Å². The first-order valence-corrected chi connectivity index (χ1v) is 5.53. The Balaban J connectivity index is 3.42. The Hall–Kier alpha value is -1.06. The van der Waals surface area contributed by atoms with E-state index < -0.39 is 5.97 Å². The molecule has 0 aliphatic rings. The molecular formula is C11H21NO3. The second kappa shape index (κ2) is 8.26. The van der Waals surface area contributed by atoms with E-state index in [1.807, 2.05) is 14.0 Å². The van der Waals surface area contributed by atoms with Crippen LogP contribution in [0.1, 0.15) is 45.4 Å². The topological polar surface area (TPSA) is 57.6 Å². The maximum absolute atomic E-state index is 11.4. The molecule has 0 spiro atoms. The molecule has 0 atom stereocenters. The van der Waals surface area contributed by atoms with E-state index in [0.29, 0.717) is 12.8 Å². The summed E-state index contributed by atoms with van der Waals surface area (Å²) in [6.07, 6.45) is 3.99. The van der Waals surface area contributed by atoms with Crippen molar-refractivity contribution in [3.8, 4) is 0 Å². The van der Waals surface area contributed by atoms with Crippen molar-refractivity contribution in [2.75, 3.05) is 13.6 Å². The van der Waals surface area contributed by atoms with Gasteiger partial charge in [-0.25, -0.2) is 0 Å². The molecule has 1 N–H and O–H groups in total. The van der Waals surface area contributed by atoms with E-state index in [0.717, 1.165) is 25.8 Å². The van der Waals surface area contributed by atoms with E-state index in [1.54, 1.807) is 4.90 Å². The van der Waals surface area contributed by atoms with Gasteiger partial charge in [-0.1, -0.05) is 13.3 Å². The lowest BCUT2D eigenvalue weighted by molar-refractivity contribution is -0.137. The average molecular weight is 215 g/mol. The molecule has 0 unspecified atom stereocenters. The summed E-state index contributed by atoms with van der Waals surface area (Å²) in [4.78, 5) is 23.4. The van der Waals surface area contributed by atoms with Crippen LogP contribution in [0, 0.1) is 0 Å². The van der Waals surface area contributed by atoms with Crippen LogP contribution >= 0.6 is 0 Å². The van der Waals surface area contributed by atoms with Gasteiger partial charge in [0.05, 0.1) is 0 Å². The van der Waals surface area contributed by atoms with Crippen LogP contribution in [-0.4, -0.2) is 35.5 Å². The molecule has 0 aromatic carbocycles. The molecule has 0 aromatic rings. The summed E-state index contributed by atoms with van der Waals surface area (Å²) in [5.41, 5.74) is 0. The molecule has 0 fully saturated rings. The number of rotatable bonds is 8. The van der Waals surface area contributed by atoms with Crippen molar-refractivity contribution in [2.45, 2.75) is 45.4 Å². The maximum Gasteiger partial charge on any atom is 0.303 e. The summed E-state index contributed by atoms with van der Waals surface area (Å²) in [7, 11) is 1.81. The molecule has 88 valence electrons. The van der Waals surface area contributed by atoms with Crippen LogP contribution in [-0.2, 0) is 9.59 Å². The van der Waals surface area contributed by atoms with Crippen LogP contribution < -0.4 is 0 Å². The van der Waals surface area contributed by atoms with Gasteiger partial charge in [0.1, 0.15) is 0 Å². The molecule has 4 heteroatoms. The van der Waals surface area contributed by atoms with Crippen LogP contribution in [0.4, 0.5) is 0 Å². The molecule has 15 heavy (non-hydrogen) atoms. The number of carboxylic acid groups (broad SMARTS) is 1. The molecule has 0 saturated carbocycles. The predicted molar refractivity (Wildman–Crippen MR) is 58.6 cm³/mol. The molecule has 0 bridgehead atoms. The summed E-state index contributed by atoms with van der Waals surface area (Å²) in [5.74, 6) is -0.600. The van der Waals surface area contributed by atoms with Gasteiger partial charge in [-0.3, -0.25) is 9.59 Å². The normalized spacial score (nSPS) is 10.0. The number of amides is 1. The minimum Gasteiger partial charge on any atom is -0.481 e. The van der Waals surface area contributed by atoms with Crippen molar-refractivity contribution in [3.05, 3.63) is 0 Å². The first-order chi connectivity index (χ1) is 7.07. The van der Waals surface area contributed by atoms with Crippen LogP contribution in [0.25, 0.3) is 0 Å². The van der Waals surface area contributed by atoms with Gasteiger partial charge < -0.3 is 10.0 Å². The maximum atomic E-state index is 11.4. The molecule has 0 aliphatic carbocycles. The van der Waals surface area contributed by atoms with Crippen LogP contribution in [0.15, 0.2) is 0 Å². The number of carbonyl (C=O) groups is 2. The highest BCUT2D eigenvalue weighted by Crippen LogP contribution is 2.05. The summed E-state index contributed by atoms with van der Waals surface area (Å²) in [6, 6.07) is 0. The highest BCUT2D eigenvalue weighted by Gasteiger charge is 2.06. The van der Waals surface area contributed by atoms with Crippen molar-refractivity contribution in [1.82, 2.24) is 4.90 Å². The van der Waals surface area contributed by atoms with Gasteiger partial charge in [0, 0.05) is 26.4 Å². The zero-order valence-electron chi connectivity index (χ0n) is 9.66. The van der Waals surface area contributed by atoms with E-state index in [4.69, 9.17) is 5.11 Å². The lowest BCUT2D eigenvalue weighted by Crippen LogP contribution is -2.26. The van der Waals surface area contributed by atoms with Crippen molar-refractivity contribution >= 4 is 11.9 Å². The number of hydrogen-bond donors (Lipinski definition) is 1. The third-order valence-corrected chi connectivity index (χ3v) is 2.27. The van der Waals surface area contributed by atoms with Crippen molar-refractivity contribution in [1.29, 1.82) is 0 Å². The Bertz CT molecular complexity index is 204. The molecule has 0 radical (unpaired) electrons. The van der Waals surface area contributed by atoms with Crippen molar-refractivity contribution in [3.63, 3.8) is 0 Å². The second-order valence-corrected chi connectivity index (χ2v) is 3.77. The van der Waals surface area contributed by atoms with Gasteiger partial charge in [0.15, 0.2) is 0 Å². The molecule has 4 nitrogen and oxygen atoms in total. The third-order valence-electron chi connectivity index (χ3n) is 2.27. The third kappa shape index (κ3) is 7.97. The number of hydrogen-bond acceptors (Lipinski definition) is 2. The Morgan fingerprint density at radius 1 is 1.13 bits per heavy atom. The van der Waals surface area contributed by atoms with Gasteiger partial charge in [-0.2, -0.15) is 0 Å². The number of carboxylic acids is 1. The SMILES string of the molecule is CCCN(C)C(=O)CCCCCC(=O)O. The van der Waals surface area contributed by atoms with E-state index in [1.165, 1.54) is 0 Å². The highest BCUT2D eigenvalue weighted by atomic mass is 16.4. The van der Waals surface area contributed by atoms with Crippen molar-refractivity contribution < 1.29 is 14.7 Å². The van der Waals surface area contributed by atoms with E-state index >= 15 is 0 Å². The Labute approximate surface area is 91.3 Å². The first kappa shape index (κ1) is 13.9. The van der Waals surface area contributed by atoms with E-state index in [9.17, 15) is 9.59 Å². The number of nitrogens with zero attached hydrogens (tertiary/aromatic N) is 1. The van der Waals surface area contributed by atoms with Gasteiger partial charge in [0.25, 0.3) is 0 Å². The van der Waals surface area contributed by atoms with E-state index in [-0.39, 0.29) is 12.3 Å². The van der Waals surface area contributed by atoms with Gasteiger partial charge in [-0.15, -0.1) is 0 Å². The molecular weight excluding hydrogens is 194 g/mol. The zero-order chi connectivity index (χ0) is 11.7. The largest absolute Gasteiger partial charge is 0.481 e. The monoisotopic (exact) mass is 215 g/mol. The minimum atomic E-state index is -0.760. The lowest BCUT2D eigenvalue weighted by Gasteiger charge is -2.15. The number of unbranched alkanes of at least 4 members (excludes halogenated alkanes) is 2. The highest BCUT2D eigenvalue weighted by molar-refractivity contribution is 5.75. The zero-order valence-corrected chi connectivity index (χ0v) is 9.66. The smallest absolute Gasteiger partial charge is 0.303 e. The molecule has 1 amide bonds. The number of aliphatic carboxylic acids is 1. The Morgan fingerprint density at radius 2 is 1.73 bits per heavy atom. The summed E-state index contributed by atoms with van der Waals surface area (Å²) in [5, 5.41) is 8.41. The fourth-order valence-electron chi connectivity index (χ4n) is 1.38. The molecule has 0 heterocycles. The van der Waals surface area contributed by atoms with Crippen LogP contribution in [0.5, 0.6) is 0 Å². The van der Waals surface area contributed by atoms with Crippen LogP contribution in [0.2, 0.25) is 0 Å². The molecule has 0 aromatic heterocycles. The predicted octanol–water partition coefficient (Wildman–Crippen LogP) is 1.89. The molecule has 0 rings (SSSR count). The minimum absolute atomic E-state index is 0.159. The molecule has 0 aliphatic heterocycles.